The number of hydrogen-bond acceptors (Lipinski definition) is 3. The third-order valence-electron chi connectivity index (χ3n) is 3.87. The van der Waals surface area contributed by atoms with Gasteiger partial charge in [-0.25, -0.2) is 4.79 Å². The summed E-state index contributed by atoms with van der Waals surface area (Å²) in [5, 5.41) is 8.57. The zero-order valence-corrected chi connectivity index (χ0v) is 12.2. The molecular weight excluding hydrogens is 268 g/mol. The second-order valence-electron chi connectivity index (χ2n) is 5.36. The standard InChI is InChI=1S/C16H20N2O3/c1-18(13-5-3-2-4-6-13)16(21)14-9-7-12(11-17-14)8-10-15(19)20/h7-11,13H,2-6H2,1H3,(H,19,20). The lowest BCUT2D eigenvalue weighted by Crippen LogP contribution is -2.38. The van der Waals surface area contributed by atoms with Gasteiger partial charge in [-0.15, -0.1) is 0 Å². The number of amides is 1. The molecule has 21 heavy (non-hydrogen) atoms. The van der Waals surface area contributed by atoms with E-state index in [0.29, 0.717) is 17.3 Å². The molecule has 0 saturated heterocycles. The highest BCUT2D eigenvalue weighted by molar-refractivity contribution is 5.92. The van der Waals surface area contributed by atoms with Gasteiger partial charge in [-0.3, -0.25) is 9.78 Å². The molecule has 1 saturated carbocycles. The number of nitrogens with zero attached hydrogens (tertiary/aromatic N) is 2. The highest BCUT2D eigenvalue weighted by Crippen LogP contribution is 2.22. The number of aliphatic carboxylic acids is 1. The third kappa shape index (κ3) is 4.15. The monoisotopic (exact) mass is 288 g/mol. The molecule has 5 heteroatoms. The van der Waals surface area contributed by atoms with Crippen LogP contribution in [0.1, 0.15) is 48.2 Å². The molecule has 0 bridgehead atoms. The summed E-state index contributed by atoms with van der Waals surface area (Å²) in [5.74, 6) is -1.08. The average Bonchev–Trinajstić information content (AvgIpc) is 2.53. The van der Waals surface area contributed by atoms with E-state index in [-0.39, 0.29) is 5.91 Å². The van der Waals surface area contributed by atoms with Gasteiger partial charge >= 0.3 is 5.97 Å². The zero-order valence-electron chi connectivity index (χ0n) is 12.2. The van der Waals surface area contributed by atoms with Crippen molar-refractivity contribution < 1.29 is 14.7 Å². The van der Waals surface area contributed by atoms with Crippen LogP contribution in [-0.2, 0) is 4.79 Å². The molecule has 0 radical (unpaired) electrons. The van der Waals surface area contributed by atoms with E-state index in [1.54, 1.807) is 17.0 Å². The number of aromatic nitrogens is 1. The Balaban J connectivity index is 2.03. The van der Waals surface area contributed by atoms with Crippen LogP contribution in [0.25, 0.3) is 6.08 Å². The molecule has 1 N–H and O–H groups in total. The van der Waals surface area contributed by atoms with Gasteiger partial charge in [-0.1, -0.05) is 25.3 Å². The van der Waals surface area contributed by atoms with Crippen molar-refractivity contribution in [1.82, 2.24) is 9.88 Å². The maximum atomic E-state index is 12.4. The summed E-state index contributed by atoms with van der Waals surface area (Å²) in [6, 6.07) is 3.65. The average molecular weight is 288 g/mol. The smallest absolute Gasteiger partial charge is 0.328 e. The maximum absolute atomic E-state index is 12.4. The number of carboxylic acids is 1. The molecule has 1 aromatic rings. The molecule has 1 aliphatic rings. The van der Waals surface area contributed by atoms with E-state index in [0.717, 1.165) is 18.9 Å². The first-order valence-corrected chi connectivity index (χ1v) is 7.22. The van der Waals surface area contributed by atoms with Gasteiger partial charge in [0, 0.05) is 25.4 Å². The number of pyridine rings is 1. The van der Waals surface area contributed by atoms with Crippen LogP contribution in [0, 0.1) is 0 Å². The fourth-order valence-electron chi connectivity index (χ4n) is 2.61. The van der Waals surface area contributed by atoms with E-state index in [2.05, 4.69) is 4.98 Å². The topological polar surface area (TPSA) is 70.5 Å². The van der Waals surface area contributed by atoms with E-state index >= 15 is 0 Å². The Labute approximate surface area is 124 Å². The summed E-state index contributed by atoms with van der Waals surface area (Å²) < 4.78 is 0. The minimum Gasteiger partial charge on any atom is -0.478 e. The predicted molar refractivity (Wildman–Crippen MR) is 79.9 cm³/mol. The van der Waals surface area contributed by atoms with Crippen molar-refractivity contribution in [2.24, 2.45) is 0 Å². The van der Waals surface area contributed by atoms with Crippen LogP contribution in [0.15, 0.2) is 24.4 Å². The predicted octanol–water partition coefficient (Wildman–Crippen LogP) is 2.58. The molecule has 1 aromatic heterocycles. The van der Waals surface area contributed by atoms with Gasteiger partial charge in [0.25, 0.3) is 5.91 Å². The fourth-order valence-corrected chi connectivity index (χ4v) is 2.61. The van der Waals surface area contributed by atoms with Gasteiger partial charge in [-0.05, 0) is 30.5 Å². The Bertz CT molecular complexity index is 531. The lowest BCUT2D eigenvalue weighted by molar-refractivity contribution is -0.131. The number of rotatable bonds is 4. The Morgan fingerprint density at radius 1 is 1.29 bits per heavy atom. The molecule has 0 spiro atoms. The second-order valence-corrected chi connectivity index (χ2v) is 5.36. The first kappa shape index (κ1) is 15.2. The molecule has 2 rings (SSSR count). The Morgan fingerprint density at radius 3 is 2.57 bits per heavy atom. The lowest BCUT2D eigenvalue weighted by atomic mass is 9.94. The van der Waals surface area contributed by atoms with Crippen LogP contribution < -0.4 is 0 Å². The maximum Gasteiger partial charge on any atom is 0.328 e. The van der Waals surface area contributed by atoms with E-state index < -0.39 is 5.97 Å². The van der Waals surface area contributed by atoms with Crippen LogP contribution in [0.3, 0.4) is 0 Å². The number of carboxylic acid groups (broad SMARTS) is 1. The molecule has 0 aromatic carbocycles. The second kappa shape index (κ2) is 7.02. The van der Waals surface area contributed by atoms with Crippen LogP contribution in [0.4, 0.5) is 0 Å². The van der Waals surface area contributed by atoms with Crippen LogP contribution >= 0.6 is 0 Å². The van der Waals surface area contributed by atoms with Crippen molar-refractivity contribution in [3.63, 3.8) is 0 Å². The normalized spacial score (nSPS) is 16.0. The third-order valence-corrected chi connectivity index (χ3v) is 3.87. The van der Waals surface area contributed by atoms with Gasteiger partial charge in [-0.2, -0.15) is 0 Å². The minimum absolute atomic E-state index is 0.0735. The molecule has 0 aliphatic heterocycles. The van der Waals surface area contributed by atoms with Gasteiger partial charge in [0.1, 0.15) is 5.69 Å². The minimum atomic E-state index is -1.01. The highest BCUT2D eigenvalue weighted by Gasteiger charge is 2.23. The summed E-state index contributed by atoms with van der Waals surface area (Å²) in [6.07, 6.45) is 9.73. The molecule has 1 aliphatic carbocycles. The summed E-state index contributed by atoms with van der Waals surface area (Å²) in [6.45, 7) is 0. The first-order valence-electron chi connectivity index (χ1n) is 7.22. The summed E-state index contributed by atoms with van der Waals surface area (Å²) in [5.41, 5.74) is 1.06. The first-order chi connectivity index (χ1) is 10.1. The number of hydrogen-bond donors (Lipinski definition) is 1. The molecule has 0 atom stereocenters. The summed E-state index contributed by atoms with van der Waals surface area (Å²) in [4.78, 5) is 28.7. The molecule has 0 unspecified atom stereocenters. The van der Waals surface area contributed by atoms with Crippen LogP contribution in [0.2, 0.25) is 0 Å². The number of carbonyl (C=O) groups is 2. The molecule has 1 amide bonds. The van der Waals surface area contributed by atoms with Crippen molar-refractivity contribution in [2.45, 2.75) is 38.1 Å². The quantitative estimate of drug-likeness (QED) is 0.864. The highest BCUT2D eigenvalue weighted by atomic mass is 16.4. The summed E-state index contributed by atoms with van der Waals surface area (Å²) in [7, 11) is 1.83. The lowest BCUT2D eigenvalue weighted by Gasteiger charge is -2.31. The van der Waals surface area contributed by atoms with E-state index in [9.17, 15) is 9.59 Å². The van der Waals surface area contributed by atoms with Crippen molar-refractivity contribution in [2.75, 3.05) is 7.05 Å². The van der Waals surface area contributed by atoms with Gasteiger partial charge in [0.05, 0.1) is 0 Å². The zero-order chi connectivity index (χ0) is 15.2. The molecule has 1 heterocycles. The van der Waals surface area contributed by atoms with Gasteiger partial charge in [0.15, 0.2) is 0 Å². The Hall–Kier alpha value is -2.17. The van der Waals surface area contributed by atoms with Crippen molar-refractivity contribution in [1.29, 1.82) is 0 Å². The Kier molecular flexibility index (Phi) is 5.09. The van der Waals surface area contributed by atoms with E-state index in [1.807, 2.05) is 7.05 Å². The molecule has 1 fully saturated rings. The summed E-state index contributed by atoms with van der Waals surface area (Å²) >= 11 is 0. The number of carbonyl (C=O) groups excluding carboxylic acids is 1. The molecule has 112 valence electrons. The fraction of sp³-hybridized carbons (Fsp3) is 0.438. The van der Waals surface area contributed by atoms with Crippen molar-refractivity contribution in [3.05, 3.63) is 35.7 Å². The SMILES string of the molecule is CN(C(=O)c1ccc(C=CC(=O)O)cn1)C1CCCCC1. The van der Waals surface area contributed by atoms with Crippen molar-refractivity contribution in [3.8, 4) is 0 Å². The Morgan fingerprint density at radius 2 is 2.00 bits per heavy atom. The van der Waals surface area contributed by atoms with Gasteiger partial charge in [0.2, 0.25) is 0 Å². The molecular formula is C16H20N2O3. The largest absolute Gasteiger partial charge is 0.478 e. The molecule has 5 nitrogen and oxygen atoms in total. The van der Waals surface area contributed by atoms with Gasteiger partial charge < -0.3 is 10.0 Å². The van der Waals surface area contributed by atoms with Crippen LogP contribution in [0.5, 0.6) is 0 Å². The van der Waals surface area contributed by atoms with Crippen LogP contribution in [-0.4, -0.2) is 40.0 Å². The van der Waals surface area contributed by atoms with E-state index in [4.69, 9.17) is 5.11 Å². The van der Waals surface area contributed by atoms with E-state index in [1.165, 1.54) is 31.5 Å². The van der Waals surface area contributed by atoms with Crippen molar-refractivity contribution >= 4 is 18.0 Å².